The van der Waals surface area contributed by atoms with Gasteiger partial charge in [-0.25, -0.2) is 0 Å². The largest absolute Gasteiger partial charge is 0.326 e. The van der Waals surface area contributed by atoms with Gasteiger partial charge >= 0.3 is 0 Å². The lowest BCUT2D eigenvalue weighted by Gasteiger charge is -2.16. The third kappa shape index (κ3) is 2.72. The van der Waals surface area contributed by atoms with Gasteiger partial charge in [0.25, 0.3) is 5.56 Å². The van der Waals surface area contributed by atoms with Crippen molar-refractivity contribution in [2.75, 3.05) is 5.32 Å². The Morgan fingerprint density at radius 1 is 1.09 bits per heavy atom. The Bertz CT molecular complexity index is 850. The summed E-state index contributed by atoms with van der Waals surface area (Å²) in [7, 11) is 0. The van der Waals surface area contributed by atoms with Crippen molar-refractivity contribution in [2.24, 2.45) is 0 Å². The van der Waals surface area contributed by atoms with Crippen LogP contribution in [0.2, 0.25) is 0 Å². The highest BCUT2D eigenvalue weighted by Crippen LogP contribution is 2.19. The molecular weight excluding hydrogens is 274 g/mol. The van der Waals surface area contributed by atoms with Gasteiger partial charge in [-0.2, -0.15) is 4.98 Å². The minimum absolute atomic E-state index is 0.197. The first-order chi connectivity index (χ1) is 10.7. The van der Waals surface area contributed by atoms with Crippen molar-refractivity contribution in [3.63, 3.8) is 0 Å². The normalized spacial score (nSPS) is 10.8. The summed E-state index contributed by atoms with van der Waals surface area (Å²) in [5.74, 6) is 0.592. The molecule has 1 aromatic heterocycles. The monoisotopic (exact) mass is 293 g/mol. The van der Waals surface area contributed by atoms with Crippen LogP contribution in [0.5, 0.6) is 0 Å². The number of nitrogens with zero attached hydrogens (tertiary/aromatic N) is 2. The quantitative estimate of drug-likeness (QED) is 0.794. The van der Waals surface area contributed by atoms with Crippen LogP contribution in [-0.2, 0) is 6.54 Å². The van der Waals surface area contributed by atoms with Gasteiger partial charge < -0.3 is 9.88 Å². The molecule has 0 aliphatic heterocycles. The van der Waals surface area contributed by atoms with Crippen LogP contribution in [0.25, 0.3) is 10.9 Å². The summed E-state index contributed by atoms with van der Waals surface area (Å²) in [5, 5.41) is 3.93. The van der Waals surface area contributed by atoms with Gasteiger partial charge in [-0.1, -0.05) is 36.8 Å². The van der Waals surface area contributed by atoms with E-state index in [9.17, 15) is 4.79 Å². The van der Waals surface area contributed by atoms with Crippen LogP contribution in [0, 0.1) is 6.92 Å². The summed E-state index contributed by atoms with van der Waals surface area (Å²) in [6, 6.07) is 15.7. The smallest absolute Gasteiger partial charge is 0.282 e. The number of anilines is 2. The molecule has 0 radical (unpaired) electrons. The first-order valence-electron chi connectivity index (χ1n) is 7.52. The lowest BCUT2D eigenvalue weighted by atomic mass is 10.2. The molecule has 0 aliphatic carbocycles. The van der Waals surface area contributed by atoms with Crippen molar-refractivity contribution in [1.82, 2.24) is 9.55 Å². The van der Waals surface area contributed by atoms with E-state index in [1.165, 1.54) is 5.56 Å². The number of fused-ring (bicyclic) bond motifs is 1. The lowest BCUT2D eigenvalue weighted by molar-refractivity contribution is 0.693. The second-order valence-corrected chi connectivity index (χ2v) is 5.40. The third-order valence-corrected chi connectivity index (χ3v) is 3.64. The maximum atomic E-state index is 12.2. The van der Waals surface area contributed by atoms with Crippen molar-refractivity contribution < 1.29 is 0 Å². The zero-order valence-corrected chi connectivity index (χ0v) is 12.8. The highest BCUT2D eigenvalue weighted by atomic mass is 16.1. The molecule has 1 heterocycles. The molecule has 0 fully saturated rings. The maximum absolute atomic E-state index is 12.2. The molecule has 4 heteroatoms. The molecule has 3 aromatic rings. The van der Waals surface area contributed by atoms with Crippen LogP contribution in [0.1, 0.15) is 18.9 Å². The highest BCUT2D eigenvalue weighted by Gasteiger charge is 2.10. The van der Waals surface area contributed by atoms with E-state index in [0.29, 0.717) is 11.3 Å². The van der Waals surface area contributed by atoms with Gasteiger partial charge in [0.2, 0.25) is 5.95 Å². The van der Waals surface area contributed by atoms with Gasteiger partial charge in [0, 0.05) is 12.2 Å². The number of nitrogens with one attached hydrogen (secondary N) is 1. The van der Waals surface area contributed by atoms with E-state index in [-0.39, 0.29) is 5.56 Å². The summed E-state index contributed by atoms with van der Waals surface area (Å²) >= 11 is 0. The van der Waals surface area contributed by atoms with Crippen LogP contribution in [0.15, 0.2) is 53.3 Å². The van der Waals surface area contributed by atoms with Gasteiger partial charge in [-0.05, 0) is 37.6 Å². The maximum Gasteiger partial charge on any atom is 0.282 e. The average Bonchev–Trinajstić information content (AvgIpc) is 2.53. The summed E-state index contributed by atoms with van der Waals surface area (Å²) in [6.07, 6.45) is 0.969. The Kier molecular flexibility index (Phi) is 3.92. The molecule has 0 amide bonds. The van der Waals surface area contributed by atoms with Gasteiger partial charge in [0.1, 0.15) is 0 Å². The zero-order chi connectivity index (χ0) is 15.5. The number of hydrogen-bond donors (Lipinski definition) is 1. The number of hydrogen-bond acceptors (Lipinski definition) is 3. The fraction of sp³-hybridized carbons (Fsp3) is 0.222. The topological polar surface area (TPSA) is 46.9 Å². The molecular formula is C18H19N3O. The summed E-state index contributed by atoms with van der Waals surface area (Å²) in [5.41, 5.74) is 2.84. The van der Waals surface area contributed by atoms with E-state index >= 15 is 0 Å². The Morgan fingerprint density at radius 3 is 2.55 bits per heavy atom. The van der Waals surface area contributed by atoms with Crippen LogP contribution in [0.4, 0.5) is 11.6 Å². The number of aryl methyl sites for hydroxylation is 2. The fourth-order valence-electron chi connectivity index (χ4n) is 2.53. The Hall–Kier alpha value is -2.62. The molecule has 0 spiro atoms. The third-order valence-electron chi connectivity index (χ3n) is 3.64. The van der Waals surface area contributed by atoms with E-state index in [0.717, 1.165) is 24.2 Å². The van der Waals surface area contributed by atoms with Crippen molar-refractivity contribution in [3.05, 3.63) is 64.4 Å². The molecule has 3 rings (SSSR count). The second-order valence-electron chi connectivity index (χ2n) is 5.40. The van der Waals surface area contributed by atoms with E-state index in [2.05, 4.69) is 21.8 Å². The molecule has 0 saturated heterocycles. The molecule has 0 saturated carbocycles. The lowest BCUT2D eigenvalue weighted by Crippen LogP contribution is -2.17. The molecule has 1 N–H and O–H groups in total. The van der Waals surface area contributed by atoms with E-state index in [1.807, 2.05) is 55.5 Å². The average molecular weight is 293 g/mol. The predicted octanol–water partition coefficient (Wildman–Crippen LogP) is 3.86. The standard InChI is InChI=1S/C18H19N3O/c1-3-12-21-16-7-5-4-6-15(16)17(22)20-18(21)19-14-10-8-13(2)9-11-14/h4-11H,3,12H2,1-2H3,(H,19,20,22). The van der Waals surface area contributed by atoms with E-state index in [1.54, 1.807) is 0 Å². The number of benzene rings is 2. The van der Waals surface area contributed by atoms with Crippen LogP contribution < -0.4 is 10.9 Å². The Balaban J connectivity index is 2.13. The first-order valence-corrected chi connectivity index (χ1v) is 7.52. The van der Waals surface area contributed by atoms with E-state index in [4.69, 9.17) is 0 Å². The first kappa shape index (κ1) is 14.3. The Morgan fingerprint density at radius 2 is 1.82 bits per heavy atom. The summed E-state index contributed by atoms with van der Waals surface area (Å²) in [4.78, 5) is 16.5. The number of para-hydroxylation sites is 1. The molecule has 2 aromatic carbocycles. The van der Waals surface area contributed by atoms with Crippen molar-refractivity contribution >= 4 is 22.5 Å². The van der Waals surface area contributed by atoms with E-state index < -0.39 is 0 Å². The molecule has 22 heavy (non-hydrogen) atoms. The minimum Gasteiger partial charge on any atom is -0.326 e. The van der Waals surface area contributed by atoms with Crippen LogP contribution in [-0.4, -0.2) is 9.55 Å². The van der Waals surface area contributed by atoms with Gasteiger partial charge in [0.15, 0.2) is 0 Å². The molecule has 4 nitrogen and oxygen atoms in total. The fourth-order valence-corrected chi connectivity index (χ4v) is 2.53. The van der Waals surface area contributed by atoms with Crippen LogP contribution in [0.3, 0.4) is 0 Å². The van der Waals surface area contributed by atoms with Crippen molar-refractivity contribution in [3.8, 4) is 0 Å². The summed E-state index contributed by atoms with van der Waals surface area (Å²) < 4.78 is 2.07. The van der Waals surface area contributed by atoms with Gasteiger partial charge in [-0.15, -0.1) is 0 Å². The van der Waals surface area contributed by atoms with Gasteiger partial charge in [0.05, 0.1) is 10.9 Å². The SMILES string of the molecule is CCCn1c(Nc2ccc(C)cc2)nc(=O)c2ccccc21. The van der Waals surface area contributed by atoms with Crippen LogP contribution >= 0.6 is 0 Å². The van der Waals surface area contributed by atoms with Gasteiger partial charge in [-0.3, -0.25) is 4.79 Å². The Labute approximate surface area is 129 Å². The molecule has 0 unspecified atom stereocenters. The molecule has 0 bridgehead atoms. The highest BCUT2D eigenvalue weighted by molar-refractivity contribution is 5.79. The predicted molar refractivity (Wildman–Crippen MR) is 90.8 cm³/mol. The summed E-state index contributed by atoms with van der Waals surface area (Å²) in [6.45, 7) is 4.97. The number of aromatic nitrogens is 2. The van der Waals surface area contributed by atoms with Crippen molar-refractivity contribution in [1.29, 1.82) is 0 Å². The second kappa shape index (κ2) is 6.02. The molecule has 112 valence electrons. The molecule has 0 aliphatic rings. The minimum atomic E-state index is -0.197. The molecule has 0 atom stereocenters. The van der Waals surface area contributed by atoms with Crippen molar-refractivity contribution in [2.45, 2.75) is 26.8 Å². The number of rotatable bonds is 4. The zero-order valence-electron chi connectivity index (χ0n) is 12.8.